The first-order valence-electron chi connectivity index (χ1n) is 9.72. The minimum atomic E-state index is -0.464. The second-order valence-electron chi connectivity index (χ2n) is 8.16. The number of aldehydes is 1. The van der Waals surface area contributed by atoms with Crippen LogP contribution in [-0.4, -0.2) is 42.5 Å². The predicted octanol–water partition coefficient (Wildman–Crippen LogP) is 4.82. The van der Waals surface area contributed by atoms with Crippen molar-refractivity contribution in [2.24, 2.45) is 5.92 Å². The smallest absolute Gasteiger partial charge is 0.410 e. The number of nitrogens with one attached hydrogen (secondary N) is 1. The lowest BCUT2D eigenvalue weighted by atomic mass is 9.96. The van der Waals surface area contributed by atoms with Gasteiger partial charge in [0.25, 0.3) is 0 Å². The lowest BCUT2D eigenvalue weighted by Crippen LogP contribution is -2.42. The third-order valence-corrected chi connectivity index (χ3v) is 4.78. The highest BCUT2D eigenvalue weighted by molar-refractivity contribution is 5.78. The van der Waals surface area contributed by atoms with Crippen LogP contribution in [0.3, 0.4) is 0 Å². The van der Waals surface area contributed by atoms with E-state index in [2.05, 4.69) is 5.32 Å². The van der Waals surface area contributed by atoms with Crippen LogP contribution in [0.1, 0.15) is 44.2 Å². The van der Waals surface area contributed by atoms with Gasteiger partial charge in [-0.1, -0.05) is 12.1 Å². The summed E-state index contributed by atoms with van der Waals surface area (Å²) in [7, 11) is 0. The van der Waals surface area contributed by atoms with Gasteiger partial charge in [0.2, 0.25) is 0 Å². The molecule has 6 nitrogen and oxygen atoms in total. The van der Waals surface area contributed by atoms with Crippen molar-refractivity contribution in [1.82, 2.24) is 4.90 Å². The van der Waals surface area contributed by atoms with Crippen molar-refractivity contribution >= 4 is 18.1 Å². The van der Waals surface area contributed by atoms with Gasteiger partial charge in [-0.25, -0.2) is 4.79 Å². The second kappa shape index (κ2) is 8.50. The van der Waals surface area contributed by atoms with Crippen LogP contribution in [0.15, 0.2) is 40.8 Å². The molecule has 150 valence electrons. The van der Waals surface area contributed by atoms with E-state index in [0.717, 1.165) is 30.6 Å². The molecule has 2 aromatic rings. The normalized spacial score (nSPS) is 15.3. The molecule has 1 aromatic carbocycles. The molecule has 0 radical (unpaired) electrons. The van der Waals surface area contributed by atoms with Gasteiger partial charge in [-0.15, -0.1) is 0 Å². The maximum atomic E-state index is 12.2. The third-order valence-electron chi connectivity index (χ3n) is 4.78. The third kappa shape index (κ3) is 5.15. The zero-order valence-corrected chi connectivity index (χ0v) is 16.7. The van der Waals surface area contributed by atoms with Crippen molar-refractivity contribution in [1.29, 1.82) is 0 Å². The van der Waals surface area contributed by atoms with Crippen molar-refractivity contribution in [2.45, 2.75) is 39.2 Å². The molecule has 0 unspecified atom stereocenters. The molecule has 1 aliphatic rings. The molecule has 0 bridgehead atoms. The molecule has 1 aliphatic heterocycles. The van der Waals surface area contributed by atoms with Crippen molar-refractivity contribution in [3.05, 3.63) is 42.2 Å². The van der Waals surface area contributed by atoms with E-state index in [-0.39, 0.29) is 6.09 Å². The molecule has 3 rings (SSSR count). The van der Waals surface area contributed by atoms with Gasteiger partial charge in [-0.2, -0.15) is 0 Å². The number of para-hydroxylation sites is 1. The van der Waals surface area contributed by atoms with E-state index in [4.69, 9.17) is 9.15 Å². The van der Waals surface area contributed by atoms with Gasteiger partial charge < -0.3 is 19.4 Å². The summed E-state index contributed by atoms with van der Waals surface area (Å²) in [6.07, 6.45) is 2.35. The Morgan fingerprint density at radius 2 is 1.93 bits per heavy atom. The Labute approximate surface area is 165 Å². The Hall–Kier alpha value is -2.76. The van der Waals surface area contributed by atoms with Gasteiger partial charge in [0, 0.05) is 30.9 Å². The molecular formula is C22H28N2O4. The van der Waals surface area contributed by atoms with E-state index in [1.54, 1.807) is 11.0 Å². The molecule has 0 aliphatic carbocycles. The van der Waals surface area contributed by atoms with Gasteiger partial charge in [0.15, 0.2) is 12.0 Å². The van der Waals surface area contributed by atoms with E-state index in [9.17, 15) is 9.59 Å². The summed E-state index contributed by atoms with van der Waals surface area (Å²) in [4.78, 5) is 24.8. The number of ether oxygens (including phenoxy) is 1. The number of carbonyl (C=O) groups is 2. The number of nitrogens with zero attached hydrogens (tertiary/aromatic N) is 1. The topological polar surface area (TPSA) is 71.8 Å². The number of anilines is 1. The summed E-state index contributed by atoms with van der Waals surface area (Å²) in [5, 5.41) is 3.51. The van der Waals surface area contributed by atoms with E-state index >= 15 is 0 Å². The van der Waals surface area contributed by atoms with Crippen LogP contribution in [0.5, 0.6) is 0 Å². The Morgan fingerprint density at radius 3 is 2.57 bits per heavy atom. The number of hydrogen-bond acceptors (Lipinski definition) is 5. The van der Waals surface area contributed by atoms with Gasteiger partial charge in [-0.05, 0) is 63.8 Å². The molecule has 0 atom stereocenters. The highest BCUT2D eigenvalue weighted by Crippen LogP contribution is 2.30. The van der Waals surface area contributed by atoms with Crippen LogP contribution >= 0.6 is 0 Å². The number of rotatable bonds is 5. The van der Waals surface area contributed by atoms with Gasteiger partial charge in [-0.3, -0.25) is 4.79 Å². The molecule has 1 aromatic heterocycles. The number of benzene rings is 1. The number of hydrogen-bond donors (Lipinski definition) is 1. The van der Waals surface area contributed by atoms with Gasteiger partial charge >= 0.3 is 6.09 Å². The molecule has 1 fully saturated rings. The van der Waals surface area contributed by atoms with E-state index < -0.39 is 5.60 Å². The maximum absolute atomic E-state index is 12.2. The van der Waals surface area contributed by atoms with E-state index in [1.807, 2.05) is 51.1 Å². The van der Waals surface area contributed by atoms with Crippen molar-refractivity contribution < 1.29 is 18.7 Å². The number of carbonyl (C=O) groups excluding carboxylic acids is 2. The van der Waals surface area contributed by atoms with E-state index in [1.165, 1.54) is 0 Å². The fraction of sp³-hybridized carbons (Fsp3) is 0.455. The summed E-state index contributed by atoms with van der Waals surface area (Å²) in [5.74, 6) is 1.47. The lowest BCUT2D eigenvalue weighted by molar-refractivity contribution is 0.0188. The first-order chi connectivity index (χ1) is 13.4. The monoisotopic (exact) mass is 384 g/mol. The van der Waals surface area contributed by atoms with Crippen LogP contribution in [-0.2, 0) is 4.74 Å². The highest BCUT2D eigenvalue weighted by atomic mass is 16.6. The summed E-state index contributed by atoms with van der Waals surface area (Å²) >= 11 is 0. The SMILES string of the molecule is CC(C)(C)OC(=O)N1CCC(CNc2ccccc2-c2ccc(C=O)o2)CC1. The van der Waals surface area contributed by atoms with Crippen molar-refractivity contribution in [3.8, 4) is 11.3 Å². The second-order valence-corrected chi connectivity index (χ2v) is 8.16. The molecule has 2 heterocycles. The molecular weight excluding hydrogens is 356 g/mol. The van der Waals surface area contributed by atoms with E-state index in [0.29, 0.717) is 36.8 Å². The fourth-order valence-corrected chi connectivity index (χ4v) is 3.31. The van der Waals surface area contributed by atoms with Gasteiger partial charge in [0.1, 0.15) is 11.4 Å². The quantitative estimate of drug-likeness (QED) is 0.749. The Bertz CT molecular complexity index is 814. The number of amides is 1. The Kier molecular flexibility index (Phi) is 6.07. The first-order valence-corrected chi connectivity index (χ1v) is 9.72. The van der Waals surface area contributed by atoms with Crippen LogP contribution in [0.2, 0.25) is 0 Å². The minimum absolute atomic E-state index is 0.229. The Morgan fingerprint density at radius 1 is 1.21 bits per heavy atom. The first kappa shape index (κ1) is 20.0. The van der Waals surface area contributed by atoms with Crippen LogP contribution in [0, 0.1) is 5.92 Å². The largest absolute Gasteiger partial charge is 0.453 e. The number of furan rings is 1. The lowest BCUT2D eigenvalue weighted by Gasteiger charge is -2.33. The molecule has 1 N–H and O–H groups in total. The van der Waals surface area contributed by atoms with Crippen molar-refractivity contribution in [2.75, 3.05) is 25.0 Å². The average Bonchev–Trinajstić information content (AvgIpc) is 3.15. The summed E-state index contributed by atoms with van der Waals surface area (Å²) in [6.45, 7) is 7.90. The average molecular weight is 384 g/mol. The van der Waals surface area contributed by atoms with Crippen LogP contribution < -0.4 is 5.32 Å². The zero-order chi connectivity index (χ0) is 20.1. The molecule has 0 spiro atoms. The van der Waals surface area contributed by atoms with Crippen LogP contribution in [0.4, 0.5) is 10.5 Å². The van der Waals surface area contributed by atoms with Crippen molar-refractivity contribution in [3.63, 3.8) is 0 Å². The minimum Gasteiger partial charge on any atom is -0.453 e. The summed E-state index contributed by atoms with van der Waals surface area (Å²) in [6, 6.07) is 11.4. The molecule has 0 saturated carbocycles. The highest BCUT2D eigenvalue weighted by Gasteiger charge is 2.26. The fourth-order valence-electron chi connectivity index (χ4n) is 3.31. The van der Waals surface area contributed by atoms with Gasteiger partial charge in [0.05, 0.1) is 0 Å². The zero-order valence-electron chi connectivity index (χ0n) is 16.7. The number of piperidine rings is 1. The molecule has 6 heteroatoms. The molecule has 1 saturated heterocycles. The maximum Gasteiger partial charge on any atom is 0.410 e. The molecule has 1 amide bonds. The molecule has 28 heavy (non-hydrogen) atoms. The standard InChI is InChI=1S/C22H28N2O4/c1-22(2,3)28-21(26)24-12-10-16(11-13-24)14-23-19-7-5-4-6-18(19)20-9-8-17(15-25)27-20/h4-9,15-16,23H,10-14H2,1-3H3. The summed E-state index contributed by atoms with van der Waals surface area (Å²) < 4.78 is 11.0. The number of likely N-dealkylation sites (tertiary alicyclic amines) is 1. The Balaban J connectivity index is 1.55. The van der Waals surface area contributed by atoms with Crippen LogP contribution in [0.25, 0.3) is 11.3 Å². The predicted molar refractivity (Wildman–Crippen MR) is 109 cm³/mol. The summed E-state index contributed by atoms with van der Waals surface area (Å²) in [5.41, 5.74) is 1.44.